The van der Waals surface area contributed by atoms with Gasteiger partial charge in [0.1, 0.15) is 0 Å². The highest BCUT2D eigenvalue weighted by molar-refractivity contribution is 5.97. The number of anilines is 1. The lowest BCUT2D eigenvalue weighted by Gasteiger charge is -2.09. The summed E-state index contributed by atoms with van der Waals surface area (Å²) in [5.41, 5.74) is 8.13. The molecule has 0 radical (unpaired) electrons. The Bertz CT molecular complexity index is 934. The normalized spacial score (nSPS) is 10.5. The van der Waals surface area contributed by atoms with Gasteiger partial charge >= 0.3 is 0 Å². The maximum Gasteiger partial charge on any atom is 0.281 e. The molecule has 0 saturated heterocycles. The standard InChI is InChI=1S/C18H18N4O3/c1-11-5-4-6-12(9-11)16-20-18(19)22(21-16)17(23)13-7-8-14(24-2)15(10-13)25-3/h4-10H,1-3H3,(H2,19,20,21). The van der Waals surface area contributed by atoms with Gasteiger partial charge in [0.15, 0.2) is 17.3 Å². The molecule has 0 fully saturated rings. The number of nitrogens with two attached hydrogens (primary N) is 1. The Balaban J connectivity index is 1.98. The van der Waals surface area contributed by atoms with E-state index in [9.17, 15) is 4.79 Å². The Morgan fingerprint density at radius 3 is 2.52 bits per heavy atom. The van der Waals surface area contributed by atoms with Gasteiger partial charge in [-0.15, -0.1) is 5.10 Å². The van der Waals surface area contributed by atoms with Gasteiger partial charge in [-0.3, -0.25) is 4.79 Å². The van der Waals surface area contributed by atoms with E-state index in [1.807, 2.05) is 31.2 Å². The van der Waals surface area contributed by atoms with Crippen LogP contribution in [0, 0.1) is 6.92 Å². The molecule has 0 aliphatic carbocycles. The molecule has 0 unspecified atom stereocenters. The number of methoxy groups -OCH3 is 2. The van der Waals surface area contributed by atoms with Gasteiger partial charge in [0.2, 0.25) is 5.95 Å². The minimum Gasteiger partial charge on any atom is -0.493 e. The lowest BCUT2D eigenvalue weighted by atomic mass is 10.1. The molecule has 7 heteroatoms. The summed E-state index contributed by atoms with van der Waals surface area (Å²) in [5, 5.41) is 4.25. The number of hydrogen-bond donors (Lipinski definition) is 1. The first-order valence-electron chi connectivity index (χ1n) is 7.59. The van der Waals surface area contributed by atoms with Gasteiger partial charge < -0.3 is 15.2 Å². The van der Waals surface area contributed by atoms with Crippen LogP contribution in [-0.2, 0) is 0 Å². The second kappa shape index (κ2) is 6.64. The largest absolute Gasteiger partial charge is 0.493 e. The predicted octanol–water partition coefficient (Wildman–Crippen LogP) is 2.54. The van der Waals surface area contributed by atoms with Gasteiger partial charge in [0.05, 0.1) is 14.2 Å². The lowest BCUT2D eigenvalue weighted by molar-refractivity contribution is 0.0947. The van der Waals surface area contributed by atoms with Crippen LogP contribution in [0.3, 0.4) is 0 Å². The highest BCUT2D eigenvalue weighted by Crippen LogP contribution is 2.28. The van der Waals surface area contributed by atoms with Crippen LogP contribution in [-0.4, -0.2) is 34.9 Å². The number of carbonyl (C=O) groups is 1. The summed E-state index contributed by atoms with van der Waals surface area (Å²) < 4.78 is 11.5. The van der Waals surface area contributed by atoms with Crippen LogP contribution < -0.4 is 15.2 Å². The van der Waals surface area contributed by atoms with E-state index in [4.69, 9.17) is 15.2 Å². The van der Waals surface area contributed by atoms with E-state index >= 15 is 0 Å². The Kier molecular flexibility index (Phi) is 4.38. The molecule has 0 atom stereocenters. The molecule has 0 aliphatic rings. The zero-order chi connectivity index (χ0) is 18.0. The molecule has 0 spiro atoms. The zero-order valence-electron chi connectivity index (χ0n) is 14.2. The molecule has 128 valence electrons. The van der Waals surface area contributed by atoms with E-state index in [1.54, 1.807) is 18.2 Å². The zero-order valence-corrected chi connectivity index (χ0v) is 14.2. The highest BCUT2D eigenvalue weighted by atomic mass is 16.5. The van der Waals surface area contributed by atoms with Crippen molar-refractivity contribution < 1.29 is 14.3 Å². The number of rotatable bonds is 4. The molecule has 0 amide bonds. The maximum atomic E-state index is 12.7. The molecule has 0 bridgehead atoms. The smallest absolute Gasteiger partial charge is 0.281 e. The van der Waals surface area contributed by atoms with Crippen LogP contribution in [0.25, 0.3) is 11.4 Å². The predicted molar refractivity (Wildman–Crippen MR) is 93.9 cm³/mol. The van der Waals surface area contributed by atoms with E-state index in [-0.39, 0.29) is 5.95 Å². The second-order valence-corrected chi connectivity index (χ2v) is 5.45. The summed E-state index contributed by atoms with van der Waals surface area (Å²) in [4.78, 5) is 16.9. The van der Waals surface area contributed by atoms with Gasteiger partial charge in [-0.25, -0.2) is 0 Å². The van der Waals surface area contributed by atoms with Crippen molar-refractivity contribution in [3.63, 3.8) is 0 Å². The van der Waals surface area contributed by atoms with Crippen LogP contribution >= 0.6 is 0 Å². The average molecular weight is 338 g/mol. The molecule has 3 aromatic rings. The highest BCUT2D eigenvalue weighted by Gasteiger charge is 2.18. The van der Waals surface area contributed by atoms with E-state index in [0.29, 0.717) is 22.9 Å². The quantitative estimate of drug-likeness (QED) is 0.786. The number of nitrogens with zero attached hydrogens (tertiary/aromatic N) is 3. The third-order valence-corrected chi connectivity index (χ3v) is 3.73. The van der Waals surface area contributed by atoms with E-state index in [2.05, 4.69) is 10.1 Å². The number of carbonyl (C=O) groups excluding carboxylic acids is 1. The van der Waals surface area contributed by atoms with Crippen LogP contribution in [0.4, 0.5) is 5.95 Å². The van der Waals surface area contributed by atoms with E-state index in [0.717, 1.165) is 15.8 Å². The van der Waals surface area contributed by atoms with Crippen molar-refractivity contribution >= 4 is 11.9 Å². The fourth-order valence-corrected chi connectivity index (χ4v) is 2.47. The number of aryl methyl sites for hydroxylation is 1. The topological polar surface area (TPSA) is 92.3 Å². The Morgan fingerprint density at radius 1 is 1.08 bits per heavy atom. The lowest BCUT2D eigenvalue weighted by Crippen LogP contribution is -2.16. The minimum absolute atomic E-state index is 0.0243. The number of benzene rings is 2. The molecule has 7 nitrogen and oxygen atoms in total. The van der Waals surface area contributed by atoms with Gasteiger partial charge in [0.25, 0.3) is 5.91 Å². The Morgan fingerprint density at radius 2 is 1.84 bits per heavy atom. The number of ether oxygens (including phenoxy) is 2. The van der Waals surface area contributed by atoms with Gasteiger partial charge in [-0.2, -0.15) is 9.67 Å². The number of aromatic nitrogens is 3. The van der Waals surface area contributed by atoms with Crippen LogP contribution in [0.2, 0.25) is 0 Å². The molecule has 0 aliphatic heterocycles. The third-order valence-electron chi connectivity index (χ3n) is 3.73. The molecular weight excluding hydrogens is 320 g/mol. The van der Waals surface area contributed by atoms with Crippen molar-refractivity contribution in [1.29, 1.82) is 0 Å². The van der Waals surface area contributed by atoms with Gasteiger partial charge in [-0.05, 0) is 31.2 Å². The van der Waals surface area contributed by atoms with Crippen molar-refractivity contribution in [2.24, 2.45) is 0 Å². The fourth-order valence-electron chi connectivity index (χ4n) is 2.47. The Labute approximate surface area is 145 Å². The number of nitrogen functional groups attached to an aromatic ring is 1. The van der Waals surface area contributed by atoms with Gasteiger partial charge in [-0.1, -0.05) is 23.8 Å². The number of hydrogen-bond acceptors (Lipinski definition) is 6. The van der Waals surface area contributed by atoms with Crippen molar-refractivity contribution in [1.82, 2.24) is 14.8 Å². The molecule has 3 rings (SSSR count). The molecule has 1 aromatic heterocycles. The third kappa shape index (κ3) is 3.16. The molecule has 2 N–H and O–H groups in total. The van der Waals surface area contributed by atoms with Gasteiger partial charge in [0, 0.05) is 11.1 Å². The van der Waals surface area contributed by atoms with Crippen LogP contribution in [0.1, 0.15) is 15.9 Å². The minimum atomic E-state index is -0.398. The van der Waals surface area contributed by atoms with Crippen molar-refractivity contribution in [2.75, 3.05) is 20.0 Å². The molecule has 25 heavy (non-hydrogen) atoms. The second-order valence-electron chi connectivity index (χ2n) is 5.45. The summed E-state index contributed by atoms with van der Waals surface area (Å²) in [6, 6.07) is 12.5. The van der Waals surface area contributed by atoms with E-state index < -0.39 is 5.91 Å². The molecular formula is C18H18N4O3. The van der Waals surface area contributed by atoms with Crippen molar-refractivity contribution in [2.45, 2.75) is 6.92 Å². The molecule has 2 aromatic carbocycles. The average Bonchev–Trinajstić information content (AvgIpc) is 3.02. The van der Waals surface area contributed by atoms with Crippen molar-refractivity contribution in [3.8, 4) is 22.9 Å². The SMILES string of the molecule is COc1ccc(C(=O)n2nc(-c3cccc(C)c3)nc2N)cc1OC. The first-order chi connectivity index (χ1) is 12.0. The summed E-state index contributed by atoms with van der Waals surface area (Å²) in [6.45, 7) is 1.97. The summed E-state index contributed by atoms with van der Waals surface area (Å²) >= 11 is 0. The first kappa shape index (κ1) is 16.5. The molecule has 1 heterocycles. The fraction of sp³-hybridized carbons (Fsp3) is 0.167. The van der Waals surface area contributed by atoms with Crippen LogP contribution in [0.5, 0.6) is 11.5 Å². The summed E-state index contributed by atoms with van der Waals surface area (Å²) in [7, 11) is 3.04. The summed E-state index contributed by atoms with van der Waals surface area (Å²) in [6.07, 6.45) is 0. The molecule has 0 saturated carbocycles. The van der Waals surface area contributed by atoms with E-state index in [1.165, 1.54) is 14.2 Å². The van der Waals surface area contributed by atoms with Crippen LogP contribution in [0.15, 0.2) is 42.5 Å². The Hall–Kier alpha value is -3.35. The summed E-state index contributed by atoms with van der Waals surface area (Å²) in [5.74, 6) is 1.01. The maximum absolute atomic E-state index is 12.7. The van der Waals surface area contributed by atoms with Crippen molar-refractivity contribution in [3.05, 3.63) is 53.6 Å². The monoisotopic (exact) mass is 338 g/mol. The first-order valence-corrected chi connectivity index (χ1v) is 7.59.